The Morgan fingerprint density at radius 1 is 1.15 bits per heavy atom. The van der Waals surface area contributed by atoms with E-state index in [-0.39, 0.29) is 24.0 Å². The summed E-state index contributed by atoms with van der Waals surface area (Å²) in [4.78, 5) is 2.98. The van der Waals surface area contributed by atoms with Crippen LogP contribution in [-0.2, 0) is 16.2 Å². The van der Waals surface area contributed by atoms with Gasteiger partial charge in [-0.2, -0.15) is 22.6 Å². The Morgan fingerprint density at radius 3 is 2.42 bits per heavy atom. The van der Waals surface area contributed by atoms with Crippen LogP contribution in [0.5, 0.6) is 0 Å². The number of aromatic nitrogens is 3. The van der Waals surface area contributed by atoms with Crippen LogP contribution in [0.3, 0.4) is 0 Å². The van der Waals surface area contributed by atoms with E-state index >= 15 is 0 Å². The lowest BCUT2D eigenvalue weighted by molar-refractivity contribution is -0.141. The number of anilines is 1. The van der Waals surface area contributed by atoms with Crippen molar-refractivity contribution in [2.75, 3.05) is 18.4 Å². The molecular formula is C15H16F3N5O2S. The number of pyridine rings is 1. The number of hydrogen-bond donors (Lipinski definition) is 1. The summed E-state index contributed by atoms with van der Waals surface area (Å²) in [7, 11) is -3.87. The minimum atomic E-state index is -4.60. The number of nitrogens with zero attached hydrogens (tertiary/aromatic N) is 4. The van der Waals surface area contributed by atoms with Gasteiger partial charge < -0.3 is 5.32 Å². The van der Waals surface area contributed by atoms with Crippen LogP contribution in [0.1, 0.15) is 18.5 Å². The largest absolute Gasteiger partial charge is 0.433 e. The third-order valence-electron chi connectivity index (χ3n) is 4.04. The van der Waals surface area contributed by atoms with Crippen molar-refractivity contribution in [2.24, 2.45) is 0 Å². The number of alkyl halides is 3. The summed E-state index contributed by atoms with van der Waals surface area (Å²) in [6.45, 7) is 0.503. The van der Waals surface area contributed by atoms with Gasteiger partial charge in [0.15, 0.2) is 0 Å². The minimum Gasteiger partial charge on any atom is -0.366 e. The maximum atomic E-state index is 12.6. The second-order valence-electron chi connectivity index (χ2n) is 5.81. The highest BCUT2D eigenvalue weighted by Gasteiger charge is 2.34. The quantitative estimate of drug-likeness (QED) is 0.865. The van der Waals surface area contributed by atoms with Gasteiger partial charge in [-0.05, 0) is 37.1 Å². The van der Waals surface area contributed by atoms with Gasteiger partial charge >= 0.3 is 6.18 Å². The minimum absolute atomic E-state index is 0.0453. The van der Waals surface area contributed by atoms with Gasteiger partial charge in [0.1, 0.15) is 16.4 Å². The summed E-state index contributed by atoms with van der Waals surface area (Å²) >= 11 is 0. The molecule has 0 unspecified atom stereocenters. The molecule has 0 amide bonds. The van der Waals surface area contributed by atoms with Crippen LogP contribution in [0.15, 0.2) is 41.6 Å². The normalized spacial score (nSPS) is 17.2. The molecule has 0 atom stereocenters. The van der Waals surface area contributed by atoms with Crippen LogP contribution in [0.4, 0.5) is 19.0 Å². The van der Waals surface area contributed by atoms with E-state index in [1.54, 1.807) is 18.3 Å². The molecule has 2 aromatic rings. The number of piperidine rings is 1. The first kappa shape index (κ1) is 18.5. The highest BCUT2D eigenvalue weighted by molar-refractivity contribution is 7.89. The number of hydrogen-bond acceptors (Lipinski definition) is 6. The average Bonchev–Trinajstić information content (AvgIpc) is 2.62. The monoisotopic (exact) mass is 387 g/mol. The number of sulfonamides is 1. The lowest BCUT2D eigenvalue weighted by atomic mass is 10.1. The summed E-state index contributed by atoms with van der Waals surface area (Å²) in [5, 5.41) is 10.9. The predicted molar refractivity (Wildman–Crippen MR) is 86.7 cm³/mol. The van der Waals surface area contributed by atoms with Crippen LogP contribution in [0, 0.1) is 0 Å². The molecule has 11 heteroatoms. The Morgan fingerprint density at radius 2 is 1.88 bits per heavy atom. The van der Waals surface area contributed by atoms with Crippen molar-refractivity contribution < 1.29 is 21.6 Å². The number of halogens is 3. The first-order valence-electron chi connectivity index (χ1n) is 7.84. The Balaban J connectivity index is 1.64. The molecule has 1 aliphatic heterocycles. The topological polar surface area (TPSA) is 88.1 Å². The van der Waals surface area contributed by atoms with E-state index in [4.69, 9.17) is 0 Å². The van der Waals surface area contributed by atoms with Crippen molar-refractivity contribution in [1.29, 1.82) is 0 Å². The molecule has 26 heavy (non-hydrogen) atoms. The average molecular weight is 387 g/mol. The standard InChI is InChI=1S/C15H16F3N5O2S/c16-15(17,18)13-4-3-12(10-19-13)26(24,25)23-8-5-11(6-9-23)21-14-2-1-7-20-22-14/h1-4,7,10-11H,5-6,8-9H2,(H,21,22). The molecule has 7 nitrogen and oxygen atoms in total. The van der Waals surface area contributed by atoms with Crippen LogP contribution in [0.2, 0.25) is 0 Å². The Kier molecular flexibility index (Phi) is 5.10. The number of rotatable bonds is 4. The van der Waals surface area contributed by atoms with Crippen LogP contribution >= 0.6 is 0 Å². The molecule has 1 N–H and O–H groups in total. The van der Waals surface area contributed by atoms with Crippen LogP contribution < -0.4 is 5.32 Å². The summed E-state index contributed by atoms with van der Waals surface area (Å²) in [5.41, 5.74) is -1.12. The van der Waals surface area contributed by atoms with Gasteiger partial charge in [0.05, 0.1) is 0 Å². The zero-order valence-electron chi connectivity index (χ0n) is 13.5. The van der Waals surface area contributed by atoms with E-state index in [1.807, 2.05) is 0 Å². The van der Waals surface area contributed by atoms with E-state index in [9.17, 15) is 21.6 Å². The molecule has 3 heterocycles. The van der Waals surface area contributed by atoms with E-state index in [0.717, 1.165) is 12.3 Å². The van der Waals surface area contributed by atoms with Gasteiger partial charge in [0, 0.05) is 31.5 Å². The first-order chi connectivity index (χ1) is 12.3. The first-order valence-corrected chi connectivity index (χ1v) is 9.28. The predicted octanol–water partition coefficient (Wildman–Crippen LogP) is 2.16. The fourth-order valence-corrected chi connectivity index (χ4v) is 4.09. The molecular weight excluding hydrogens is 371 g/mol. The fourth-order valence-electron chi connectivity index (χ4n) is 2.68. The van der Waals surface area contributed by atoms with Gasteiger partial charge in [-0.15, -0.1) is 5.10 Å². The molecule has 1 aliphatic rings. The molecule has 0 aromatic carbocycles. The lowest BCUT2D eigenvalue weighted by Crippen LogP contribution is -2.42. The van der Waals surface area contributed by atoms with Crippen molar-refractivity contribution in [1.82, 2.24) is 19.5 Å². The van der Waals surface area contributed by atoms with Gasteiger partial charge in [-0.3, -0.25) is 4.98 Å². The second kappa shape index (κ2) is 7.16. The summed E-state index contributed by atoms with van der Waals surface area (Å²) < 4.78 is 64.1. The molecule has 0 bridgehead atoms. The Labute approximate surface area is 148 Å². The van der Waals surface area contributed by atoms with Gasteiger partial charge in [0.25, 0.3) is 0 Å². The van der Waals surface area contributed by atoms with Crippen molar-refractivity contribution in [3.8, 4) is 0 Å². The van der Waals surface area contributed by atoms with Crippen LogP contribution in [0.25, 0.3) is 0 Å². The third-order valence-corrected chi connectivity index (χ3v) is 5.92. The van der Waals surface area contributed by atoms with E-state index < -0.39 is 21.9 Å². The maximum Gasteiger partial charge on any atom is 0.433 e. The maximum absolute atomic E-state index is 12.6. The zero-order chi connectivity index (χ0) is 18.8. The molecule has 0 aliphatic carbocycles. The SMILES string of the molecule is O=S(=O)(c1ccc(C(F)(F)F)nc1)N1CCC(Nc2cccnn2)CC1. The molecule has 0 radical (unpaired) electrons. The third kappa shape index (κ3) is 4.10. The molecule has 0 spiro atoms. The molecule has 1 fully saturated rings. The van der Waals surface area contributed by atoms with Crippen molar-refractivity contribution in [2.45, 2.75) is 30.0 Å². The highest BCUT2D eigenvalue weighted by atomic mass is 32.2. The van der Waals surface area contributed by atoms with Crippen molar-refractivity contribution in [3.05, 3.63) is 42.4 Å². The van der Waals surface area contributed by atoms with Gasteiger partial charge in [-0.25, -0.2) is 8.42 Å². The fraction of sp³-hybridized carbons (Fsp3) is 0.400. The Hall–Kier alpha value is -2.27. The lowest BCUT2D eigenvalue weighted by Gasteiger charge is -2.31. The molecule has 0 saturated carbocycles. The highest BCUT2D eigenvalue weighted by Crippen LogP contribution is 2.28. The molecule has 2 aromatic heterocycles. The Bertz CT molecular complexity index is 836. The smallest absolute Gasteiger partial charge is 0.366 e. The second-order valence-corrected chi connectivity index (χ2v) is 7.75. The summed E-state index contributed by atoms with van der Waals surface area (Å²) in [6, 6.07) is 5.17. The van der Waals surface area contributed by atoms with E-state index in [1.165, 1.54) is 4.31 Å². The molecule has 3 rings (SSSR count). The van der Waals surface area contributed by atoms with E-state index in [0.29, 0.717) is 24.7 Å². The van der Waals surface area contributed by atoms with Gasteiger partial charge in [-0.1, -0.05) is 0 Å². The molecule has 1 saturated heterocycles. The van der Waals surface area contributed by atoms with E-state index in [2.05, 4.69) is 20.5 Å². The van der Waals surface area contributed by atoms with Crippen molar-refractivity contribution in [3.63, 3.8) is 0 Å². The zero-order valence-corrected chi connectivity index (χ0v) is 14.3. The van der Waals surface area contributed by atoms with Crippen LogP contribution in [-0.4, -0.2) is 47.0 Å². The summed E-state index contributed by atoms with van der Waals surface area (Å²) in [6.07, 6.45) is -1.21. The number of nitrogens with one attached hydrogen (secondary N) is 1. The van der Waals surface area contributed by atoms with Gasteiger partial charge in [0.2, 0.25) is 10.0 Å². The summed E-state index contributed by atoms with van der Waals surface area (Å²) in [5.74, 6) is 0.612. The molecule has 140 valence electrons. The van der Waals surface area contributed by atoms with Crippen molar-refractivity contribution >= 4 is 15.8 Å².